The smallest absolute Gasteiger partial charge is 0.00860 e. The van der Waals surface area contributed by atoms with Gasteiger partial charge in [-0.25, -0.2) is 0 Å². The maximum atomic E-state index is 5.20. The molecule has 80 valence electrons. The number of hydrogen-bond acceptors (Lipinski definition) is 0. The first-order chi connectivity index (χ1) is 7.33. The minimum Gasteiger partial charge on any atom is -0.120 e. The summed E-state index contributed by atoms with van der Waals surface area (Å²) < 4.78 is 0. The summed E-state index contributed by atoms with van der Waals surface area (Å²) in [5.74, 6) is 2.68. The SMILES string of the molecule is C#CCCCCCCc1cccc(C)c1. The summed E-state index contributed by atoms with van der Waals surface area (Å²) in [5, 5.41) is 0. The first-order valence-electron chi connectivity index (χ1n) is 5.82. The van der Waals surface area contributed by atoms with Crippen LogP contribution in [0.3, 0.4) is 0 Å². The minimum atomic E-state index is 0.935. The van der Waals surface area contributed by atoms with Crippen molar-refractivity contribution in [3.63, 3.8) is 0 Å². The maximum absolute atomic E-state index is 5.20. The van der Waals surface area contributed by atoms with E-state index >= 15 is 0 Å². The summed E-state index contributed by atoms with van der Waals surface area (Å²) in [6.07, 6.45) is 12.4. The molecule has 0 saturated carbocycles. The molecule has 0 fully saturated rings. The summed E-state index contributed by atoms with van der Waals surface area (Å²) >= 11 is 0. The standard InChI is InChI=1S/C15H20/c1-3-4-5-6-7-8-11-15-12-9-10-14(2)13-15/h1,9-10,12-13H,4-8,11H2,2H3. The first kappa shape index (κ1) is 11.9. The largest absolute Gasteiger partial charge is 0.120 e. The number of hydrogen-bond donors (Lipinski definition) is 0. The Balaban J connectivity index is 2.13. The van der Waals surface area contributed by atoms with Crippen LogP contribution >= 0.6 is 0 Å². The van der Waals surface area contributed by atoms with Gasteiger partial charge in [-0.3, -0.25) is 0 Å². The average Bonchev–Trinajstić information content (AvgIpc) is 2.23. The zero-order chi connectivity index (χ0) is 10.9. The van der Waals surface area contributed by atoms with Crippen LogP contribution in [-0.4, -0.2) is 0 Å². The summed E-state index contributed by atoms with van der Waals surface area (Å²) in [7, 11) is 0. The van der Waals surface area contributed by atoms with Gasteiger partial charge in [0.15, 0.2) is 0 Å². The van der Waals surface area contributed by atoms with E-state index in [1.165, 1.54) is 43.2 Å². The first-order valence-corrected chi connectivity index (χ1v) is 5.82. The fourth-order valence-corrected chi connectivity index (χ4v) is 1.78. The lowest BCUT2D eigenvalue weighted by molar-refractivity contribution is 0.650. The predicted molar refractivity (Wildman–Crippen MR) is 66.8 cm³/mol. The molecule has 0 saturated heterocycles. The molecular formula is C15H20. The number of unbranched alkanes of at least 4 members (excludes halogenated alkanes) is 4. The van der Waals surface area contributed by atoms with Crippen LogP contribution in [0, 0.1) is 19.3 Å². The molecule has 0 amide bonds. The Morgan fingerprint density at radius 1 is 1.13 bits per heavy atom. The van der Waals surface area contributed by atoms with Crippen molar-refractivity contribution in [2.75, 3.05) is 0 Å². The summed E-state index contributed by atoms with van der Waals surface area (Å²) in [5.41, 5.74) is 2.83. The van der Waals surface area contributed by atoms with Crippen LogP contribution in [0.2, 0.25) is 0 Å². The van der Waals surface area contributed by atoms with Crippen LogP contribution in [0.25, 0.3) is 0 Å². The highest BCUT2D eigenvalue weighted by Gasteiger charge is 1.94. The Kier molecular flexibility index (Phi) is 5.63. The molecule has 0 heteroatoms. The van der Waals surface area contributed by atoms with E-state index in [4.69, 9.17) is 6.42 Å². The quantitative estimate of drug-likeness (QED) is 0.478. The van der Waals surface area contributed by atoms with Crippen LogP contribution in [0.4, 0.5) is 0 Å². The second-order valence-electron chi connectivity index (χ2n) is 4.11. The Labute approximate surface area is 93.7 Å². The summed E-state index contributed by atoms with van der Waals surface area (Å²) in [6, 6.07) is 8.79. The van der Waals surface area contributed by atoms with Gasteiger partial charge >= 0.3 is 0 Å². The van der Waals surface area contributed by atoms with Gasteiger partial charge in [0.25, 0.3) is 0 Å². The van der Waals surface area contributed by atoms with Gasteiger partial charge in [0.2, 0.25) is 0 Å². The topological polar surface area (TPSA) is 0 Å². The van der Waals surface area contributed by atoms with Gasteiger partial charge in [0.05, 0.1) is 0 Å². The molecule has 0 aliphatic heterocycles. The highest BCUT2D eigenvalue weighted by Crippen LogP contribution is 2.10. The number of terminal acetylenes is 1. The molecule has 1 rings (SSSR count). The van der Waals surface area contributed by atoms with Crippen LogP contribution < -0.4 is 0 Å². The Bertz CT molecular complexity index is 317. The third-order valence-electron chi connectivity index (χ3n) is 2.62. The predicted octanol–water partition coefficient (Wildman–Crippen LogP) is 4.12. The van der Waals surface area contributed by atoms with Gasteiger partial charge in [-0.1, -0.05) is 42.7 Å². The van der Waals surface area contributed by atoms with E-state index in [1.54, 1.807) is 0 Å². The fraction of sp³-hybridized carbons (Fsp3) is 0.467. The molecule has 0 spiro atoms. The van der Waals surface area contributed by atoms with E-state index in [0.29, 0.717) is 0 Å². The molecular weight excluding hydrogens is 180 g/mol. The number of aryl methyl sites for hydroxylation is 2. The maximum Gasteiger partial charge on any atom is 0.00860 e. The molecule has 0 N–H and O–H groups in total. The Morgan fingerprint density at radius 3 is 2.67 bits per heavy atom. The molecule has 15 heavy (non-hydrogen) atoms. The van der Waals surface area contributed by atoms with Gasteiger partial charge < -0.3 is 0 Å². The van der Waals surface area contributed by atoms with Gasteiger partial charge in [-0.05, 0) is 31.7 Å². The third kappa shape index (κ3) is 5.27. The lowest BCUT2D eigenvalue weighted by Gasteiger charge is -2.02. The van der Waals surface area contributed by atoms with E-state index in [1.807, 2.05) is 0 Å². The normalized spacial score (nSPS) is 9.87. The highest BCUT2D eigenvalue weighted by atomic mass is 14.0. The zero-order valence-electron chi connectivity index (χ0n) is 9.63. The molecule has 0 bridgehead atoms. The Morgan fingerprint density at radius 2 is 1.93 bits per heavy atom. The van der Waals surface area contributed by atoms with Crippen LogP contribution in [0.1, 0.15) is 43.2 Å². The van der Waals surface area contributed by atoms with E-state index in [-0.39, 0.29) is 0 Å². The van der Waals surface area contributed by atoms with Gasteiger partial charge in [-0.2, -0.15) is 0 Å². The van der Waals surface area contributed by atoms with E-state index in [9.17, 15) is 0 Å². The molecule has 0 atom stereocenters. The molecule has 1 aromatic carbocycles. The van der Waals surface area contributed by atoms with E-state index < -0.39 is 0 Å². The molecule has 0 unspecified atom stereocenters. The van der Waals surface area contributed by atoms with Gasteiger partial charge in [0.1, 0.15) is 0 Å². The molecule has 0 aliphatic rings. The molecule has 0 aromatic heterocycles. The van der Waals surface area contributed by atoms with Gasteiger partial charge in [-0.15, -0.1) is 12.3 Å². The van der Waals surface area contributed by atoms with Crippen molar-refractivity contribution >= 4 is 0 Å². The van der Waals surface area contributed by atoms with Crippen molar-refractivity contribution in [2.45, 2.75) is 45.4 Å². The summed E-state index contributed by atoms with van der Waals surface area (Å²) in [6.45, 7) is 2.15. The molecule has 0 aliphatic carbocycles. The van der Waals surface area contributed by atoms with Crippen molar-refractivity contribution in [2.24, 2.45) is 0 Å². The fourth-order valence-electron chi connectivity index (χ4n) is 1.78. The molecule has 1 aromatic rings. The third-order valence-corrected chi connectivity index (χ3v) is 2.62. The zero-order valence-corrected chi connectivity index (χ0v) is 9.63. The minimum absolute atomic E-state index is 0.935. The second-order valence-corrected chi connectivity index (χ2v) is 4.11. The lowest BCUT2D eigenvalue weighted by atomic mass is 10.0. The number of benzene rings is 1. The van der Waals surface area contributed by atoms with Gasteiger partial charge in [0, 0.05) is 6.42 Å². The lowest BCUT2D eigenvalue weighted by Crippen LogP contribution is -1.86. The van der Waals surface area contributed by atoms with Crippen LogP contribution in [0.15, 0.2) is 24.3 Å². The molecule has 0 radical (unpaired) electrons. The summed E-state index contributed by atoms with van der Waals surface area (Å²) in [4.78, 5) is 0. The van der Waals surface area contributed by atoms with E-state index in [0.717, 1.165) is 6.42 Å². The highest BCUT2D eigenvalue weighted by molar-refractivity contribution is 5.22. The van der Waals surface area contributed by atoms with Crippen molar-refractivity contribution in [1.82, 2.24) is 0 Å². The average molecular weight is 200 g/mol. The molecule has 0 nitrogen and oxygen atoms in total. The van der Waals surface area contributed by atoms with Crippen molar-refractivity contribution in [1.29, 1.82) is 0 Å². The second kappa shape index (κ2) is 7.12. The van der Waals surface area contributed by atoms with Crippen molar-refractivity contribution in [3.8, 4) is 12.3 Å². The number of rotatable bonds is 6. The molecule has 0 heterocycles. The Hall–Kier alpha value is -1.22. The van der Waals surface area contributed by atoms with E-state index in [2.05, 4.69) is 37.1 Å². The van der Waals surface area contributed by atoms with Crippen LogP contribution in [0.5, 0.6) is 0 Å². The van der Waals surface area contributed by atoms with Crippen molar-refractivity contribution in [3.05, 3.63) is 35.4 Å². The van der Waals surface area contributed by atoms with Crippen molar-refractivity contribution < 1.29 is 0 Å². The van der Waals surface area contributed by atoms with Crippen LogP contribution in [-0.2, 0) is 6.42 Å². The monoisotopic (exact) mass is 200 g/mol.